The molecule has 0 saturated heterocycles. The lowest BCUT2D eigenvalue weighted by atomic mass is 10.2. The van der Waals surface area contributed by atoms with Crippen molar-refractivity contribution >= 4 is 33.4 Å². The topological polar surface area (TPSA) is 63.1 Å². The molecule has 6 heteroatoms. The highest BCUT2D eigenvalue weighted by Gasteiger charge is 2.15. The van der Waals surface area contributed by atoms with Crippen LogP contribution in [0, 0.1) is 0 Å². The number of halogens is 1. The van der Waals surface area contributed by atoms with Crippen molar-refractivity contribution in [1.82, 2.24) is 9.88 Å². The molecule has 0 saturated carbocycles. The summed E-state index contributed by atoms with van der Waals surface area (Å²) in [6.45, 7) is 6.66. The summed E-state index contributed by atoms with van der Waals surface area (Å²) in [5.41, 5.74) is 1.69. The lowest BCUT2D eigenvalue weighted by molar-refractivity contribution is 0.0952. The van der Waals surface area contributed by atoms with Gasteiger partial charge in [0, 0.05) is 34.5 Å². The second-order valence-corrected chi connectivity index (χ2v) is 6.75. The molecule has 0 aliphatic rings. The van der Waals surface area contributed by atoms with E-state index in [-0.39, 0.29) is 17.9 Å². The van der Waals surface area contributed by atoms with Gasteiger partial charge in [-0.05, 0) is 60.5 Å². The third kappa shape index (κ3) is 4.47. The summed E-state index contributed by atoms with van der Waals surface area (Å²) in [4.78, 5) is 24.6. The number of nitrogens with one attached hydrogen (secondary N) is 2. The van der Waals surface area contributed by atoms with Gasteiger partial charge >= 0.3 is 0 Å². The molecule has 0 unspecified atom stereocenters. The van der Waals surface area contributed by atoms with E-state index >= 15 is 0 Å². The molecule has 1 aromatic heterocycles. The summed E-state index contributed by atoms with van der Waals surface area (Å²) in [7, 11) is 0. The number of carbonyl (C=O) groups is 2. The first-order valence-electron chi connectivity index (χ1n) is 7.99. The van der Waals surface area contributed by atoms with E-state index in [4.69, 9.17) is 0 Å². The van der Waals surface area contributed by atoms with Crippen molar-refractivity contribution in [3.63, 3.8) is 0 Å². The molecule has 0 fully saturated rings. The third-order valence-electron chi connectivity index (χ3n) is 3.52. The van der Waals surface area contributed by atoms with Gasteiger partial charge in [0.25, 0.3) is 11.8 Å². The Labute approximate surface area is 150 Å². The Kier molecular flexibility index (Phi) is 6.20. The van der Waals surface area contributed by atoms with Gasteiger partial charge in [-0.2, -0.15) is 0 Å². The molecule has 5 nitrogen and oxygen atoms in total. The second kappa shape index (κ2) is 8.15. The quantitative estimate of drug-likeness (QED) is 0.773. The predicted octanol–water partition coefficient (Wildman–Crippen LogP) is 4.22. The lowest BCUT2D eigenvalue weighted by Gasteiger charge is -2.13. The van der Waals surface area contributed by atoms with Crippen molar-refractivity contribution in [3.8, 4) is 0 Å². The van der Waals surface area contributed by atoms with Crippen LogP contribution in [-0.2, 0) is 0 Å². The van der Waals surface area contributed by atoms with E-state index in [1.54, 1.807) is 30.3 Å². The third-order valence-corrected chi connectivity index (χ3v) is 3.96. The lowest BCUT2D eigenvalue weighted by Crippen LogP contribution is -2.24. The standard InChI is InChI=1S/C18H22BrN3O2/c1-4-8-20-17(23)13-6-5-7-15(9-13)21-18(24)16-10-14(19)11-22(16)12(2)3/h5-7,9-12H,4,8H2,1-3H3,(H,20,23)(H,21,24). The Hall–Kier alpha value is -2.08. The molecule has 2 aromatic rings. The maximum absolute atomic E-state index is 12.6. The highest BCUT2D eigenvalue weighted by molar-refractivity contribution is 9.10. The predicted molar refractivity (Wildman–Crippen MR) is 99.5 cm³/mol. The molecule has 2 N–H and O–H groups in total. The van der Waals surface area contributed by atoms with Crippen LogP contribution in [0.1, 0.15) is 54.1 Å². The number of anilines is 1. The van der Waals surface area contributed by atoms with Crippen molar-refractivity contribution < 1.29 is 9.59 Å². The zero-order valence-corrected chi connectivity index (χ0v) is 15.7. The average Bonchev–Trinajstić information content (AvgIpc) is 2.95. The number of amides is 2. The minimum atomic E-state index is -0.208. The molecule has 0 aliphatic carbocycles. The monoisotopic (exact) mass is 391 g/mol. The molecule has 1 heterocycles. The zero-order chi connectivity index (χ0) is 17.7. The van der Waals surface area contributed by atoms with Crippen LogP contribution >= 0.6 is 15.9 Å². The van der Waals surface area contributed by atoms with Gasteiger partial charge in [0.05, 0.1) is 0 Å². The average molecular weight is 392 g/mol. The van der Waals surface area contributed by atoms with Gasteiger partial charge in [-0.3, -0.25) is 9.59 Å². The number of benzene rings is 1. The fourth-order valence-electron chi connectivity index (χ4n) is 2.33. The van der Waals surface area contributed by atoms with E-state index in [0.29, 0.717) is 23.5 Å². The summed E-state index contributed by atoms with van der Waals surface area (Å²) < 4.78 is 2.76. The summed E-state index contributed by atoms with van der Waals surface area (Å²) in [5, 5.41) is 5.68. The van der Waals surface area contributed by atoms with Gasteiger partial charge < -0.3 is 15.2 Å². The van der Waals surface area contributed by atoms with E-state index in [0.717, 1.165) is 10.9 Å². The molecule has 2 amide bonds. The number of hydrogen-bond acceptors (Lipinski definition) is 2. The van der Waals surface area contributed by atoms with Crippen LogP contribution in [0.3, 0.4) is 0 Å². The van der Waals surface area contributed by atoms with Gasteiger partial charge in [0.1, 0.15) is 5.69 Å². The Balaban J connectivity index is 2.16. The Morgan fingerprint density at radius 2 is 1.96 bits per heavy atom. The van der Waals surface area contributed by atoms with Crippen molar-refractivity contribution in [2.75, 3.05) is 11.9 Å². The molecule has 2 rings (SSSR count). The Morgan fingerprint density at radius 1 is 1.21 bits per heavy atom. The first-order valence-corrected chi connectivity index (χ1v) is 8.78. The number of hydrogen-bond donors (Lipinski definition) is 2. The SMILES string of the molecule is CCCNC(=O)c1cccc(NC(=O)c2cc(Br)cn2C(C)C)c1. The highest BCUT2D eigenvalue weighted by atomic mass is 79.9. The summed E-state index contributed by atoms with van der Waals surface area (Å²) in [5.74, 6) is -0.346. The minimum Gasteiger partial charge on any atom is -0.352 e. The summed E-state index contributed by atoms with van der Waals surface area (Å²) in [6.07, 6.45) is 2.76. The van der Waals surface area contributed by atoms with Crippen LogP contribution in [0.15, 0.2) is 41.0 Å². The molecule has 0 radical (unpaired) electrons. The fourth-order valence-corrected chi connectivity index (χ4v) is 2.77. The van der Waals surface area contributed by atoms with Gasteiger partial charge in [0.15, 0.2) is 0 Å². The second-order valence-electron chi connectivity index (χ2n) is 5.84. The van der Waals surface area contributed by atoms with Crippen LogP contribution in [0.25, 0.3) is 0 Å². The van der Waals surface area contributed by atoms with Crippen LogP contribution in [-0.4, -0.2) is 22.9 Å². The van der Waals surface area contributed by atoms with E-state index in [2.05, 4.69) is 26.6 Å². The van der Waals surface area contributed by atoms with Gasteiger partial charge in [-0.25, -0.2) is 0 Å². The van der Waals surface area contributed by atoms with Crippen molar-refractivity contribution in [2.24, 2.45) is 0 Å². The first-order chi connectivity index (χ1) is 11.4. The normalized spacial score (nSPS) is 10.7. The van der Waals surface area contributed by atoms with Crippen molar-refractivity contribution in [2.45, 2.75) is 33.2 Å². The van der Waals surface area contributed by atoms with Crippen molar-refractivity contribution in [3.05, 3.63) is 52.3 Å². The van der Waals surface area contributed by atoms with Gasteiger partial charge in [0.2, 0.25) is 0 Å². The first kappa shape index (κ1) is 18.3. The molecular weight excluding hydrogens is 370 g/mol. The molecule has 24 heavy (non-hydrogen) atoms. The molecule has 0 aliphatic heterocycles. The molecule has 1 aromatic carbocycles. The summed E-state index contributed by atoms with van der Waals surface area (Å²) >= 11 is 3.41. The van der Waals surface area contributed by atoms with E-state index < -0.39 is 0 Å². The molecule has 0 atom stereocenters. The smallest absolute Gasteiger partial charge is 0.272 e. The molecular formula is C18H22BrN3O2. The Morgan fingerprint density at radius 3 is 2.62 bits per heavy atom. The van der Waals surface area contributed by atoms with E-state index in [1.165, 1.54) is 0 Å². The molecule has 128 valence electrons. The fraction of sp³-hybridized carbons (Fsp3) is 0.333. The number of aromatic nitrogens is 1. The van der Waals surface area contributed by atoms with Crippen LogP contribution < -0.4 is 10.6 Å². The van der Waals surface area contributed by atoms with E-state index in [9.17, 15) is 9.59 Å². The van der Waals surface area contributed by atoms with E-state index in [1.807, 2.05) is 31.5 Å². The van der Waals surface area contributed by atoms with Gasteiger partial charge in [-0.15, -0.1) is 0 Å². The Bertz CT molecular complexity index is 738. The van der Waals surface area contributed by atoms with Gasteiger partial charge in [-0.1, -0.05) is 13.0 Å². The van der Waals surface area contributed by atoms with Crippen molar-refractivity contribution in [1.29, 1.82) is 0 Å². The largest absolute Gasteiger partial charge is 0.352 e. The van der Waals surface area contributed by atoms with Crippen LogP contribution in [0.4, 0.5) is 5.69 Å². The zero-order valence-electron chi connectivity index (χ0n) is 14.1. The van der Waals surface area contributed by atoms with Crippen LogP contribution in [0.5, 0.6) is 0 Å². The maximum Gasteiger partial charge on any atom is 0.272 e. The molecule has 0 spiro atoms. The minimum absolute atomic E-state index is 0.138. The number of carbonyl (C=O) groups excluding carboxylic acids is 2. The number of nitrogens with zero attached hydrogens (tertiary/aromatic N) is 1. The molecule has 0 bridgehead atoms. The van der Waals surface area contributed by atoms with Crippen LogP contribution in [0.2, 0.25) is 0 Å². The maximum atomic E-state index is 12.6. The highest BCUT2D eigenvalue weighted by Crippen LogP contribution is 2.21. The summed E-state index contributed by atoms with van der Waals surface area (Å²) in [6, 6.07) is 8.89. The number of rotatable bonds is 6.